The molecule has 2 fully saturated rings. The Bertz CT molecular complexity index is 499. The highest BCUT2D eigenvalue weighted by molar-refractivity contribution is 5.16. The van der Waals surface area contributed by atoms with E-state index in [1.54, 1.807) is 12.1 Å². The minimum atomic E-state index is -0.137. The zero-order valence-electron chi connectivity index (χ0n) is 14.0. The average Bonchev–Trinajstić information content (AvgIpc) is 2.78. The Balaban J connectivity index is 0.00000176. The molecule has 2 saturated carbocycles. The maximum absolute atomic E-state index is 12.9. The molecule has 0 aliphatic heterocycles. The number of benzene rings is 1. The zero-order valence-corrected chi connectivity index (χ0v) is 15.6. The molecule has 1 aromatic rings. The number of quaternary nitrogens is 1. The molecule has 22 heavy (non-hydrogen) atoms. The minimum Gasteiger partial charge on any atom is -1.00 e. The quantitative estimate of drug-likeness (QED) is 0.729. The molecular weight excluding hydrogens is 341 g/mol. The smallest absolute Gasteiger partial charge is 0.123 e. The van der Waals surface area contributed by atoms with E-state index in [0.29, 0.717) is 10.8 Å². The number of rotatable bonds is 5. The van der Waals surface area contributed by atoms with E-state index in [-0.39, 0.29) is 22.8 Å². The molecule has 3 atom stereocenters. The Labute approximate surface area is 144 Å². The lowest BCUT2D eigenvalue weighted by atomic mass is 9.69. The van der Waals surface area contributed by atoms with Crippen molar-refractivity contribution in [2.24, 2.45) is 16.7 Å². The molecule has 3 unspecified atom stereocenters. The molecule has 3 rings (SSSR count). The van der Waals surface area contributed by atoms with E-state index in [1.165, 1.54) is 37.8 Å². The van der Waals surface area contributed by atoms with Gasteiger partial charge in [-0.15, -0.1) is 0 Å². The number of fused-ring (bicyclic) bond motifs is 2. The summed E-state index contributed by atoms with van der Waals surface area (Å²) in [7, 11) is 0. The van der Waals surface area contributed by atoms with Gasteiger partial charge in [0, 0.05) is 18.3 Å². The fourth-order valence-electron chi connectivity index (χ4n) is 4.90. The van der Waals surface area contributed by atoms with Gasteiger partial charge in [-0.25, -0.2) is 4.39 Å². The van der Waals surface area contributed by atoms with Crippen LogP contribution in [0, 0.1) is 22.6 Å². The highest BCUT2D eigenvalue weighted by Crippen LogP contribution is 2.64. The van der Waals surface area contributed by atoms with Crippen LogP contribution in [0.1, 0.15) is 52.0 Å². The van der Waals surface area contributed by atoms with Crippen LogP contribution < -0.4 is 22.3 Å². The van der Waals surface area contributed by atoms with E-state index in [9.17, 15) is 4.39 Å². The third-order valence-electron chi connectivity index (χ3n) is 6.90. The molecule has 2 bridgehead atoms. The molecule has 2 N–H and O–H groups in total. The van der Waals surface area contributed by atoms with Crippen molar-refractivity contribution in [3.63, 3.8) is 0 Å². The summed E-state index contributed by atoms with van der Waals surface area (Å²) in [4.78, 5) is 0. The number of hydrogen-bond acceptors (Lipinski definition) is 0. The van der Waals surface area contributed by atoms with Gasteiger partial charge in [-0.3, -0.25) is 0 Å². The van der Waals surface area contributed by atoms with Crippen LogP contribution in [-0.4, -0.2) is 12.6 Å². The Morgan fingerprint density at radius 1 is 1.18 bits per heavy atom. The van der Waals surface area contributed by atoms with Gasteiger partial charge in [0.1, 0.15) is 5.82 Å². The fourth-order valence-corrected chi connectivity index (χ4v) is 4.90. The fraction of sp³-hybridized carbons (Fsp3) is 0.684. The van der Waals surface area contributed by atoms with Crippen molar-refractivity contribution in [1.82, 2.24) is 0 Å². The second-order valence-electron chi connectivity index (χ2n) is 7.97. The summed E-state index contributed by atoms with van der Waals surface area (Å²) in [6, 6.07) is 7.77. The maximum atomic E-state index is 12.9. The molecule has 1 aromatic carbocycles. The first-order chi connectivity index (χ1) is 9.93. The topological polar surface area (TPSA) is 16.6 Å². The predicted molar refractivity (Wildman–Crippen MR) is 84.5 cm³/mol. The summed E-state index contributed by atoms with van der Waals surface area (Å²) < 4.78 is 12.9. The van der Waals surface area contributed by atoms with E-state index in [2.05, 4.69) is 26.1 Å². The van der Waals surface area contributed by atoms with E-state index >= 15 is 0 Å². The van der Waals surface area contributed by atoms with Gasteiger partial charge in [-0.05, 0) is 48.3 Å². The van der Waals surface area contributed by atoms with Crippen LogP contribution in [0.4, 0.5) is 4.39 Å². The van der Waals surface area contributed by atoms with Crippen LogP contribution in [0.15, 0.2) is 24.3 Å². The van der Waals surface area contributed by atoms with Gasteiger partial charge in [-0.2, -0.15) is 0 Å². The molecule has 0 radical (unpaired) electrons. The summed E-state index contributed by atoms with van der Waals surface area (Å²) in [6.45, 7) is 8.68. The van der Waals surface area contributed by atoms with Crippen LogP contribution in [0.2, 0.25) is 0 Å². The van der Waals surface area contributed by atoms with E-state index < -0.39 is 0 Å². The first kappa shape index (κ1) is 17.9. The minimum absolute atomic E-state index is 0. The van der Waals surface area contributed by atoms with Crippen LogP contribution in [0.25, 0.3) is 0 Å². The van der Waals surface area contributed by atoms with Crippen LogP contribution in [0.3, 0.4) is 0 Å². The van der Waals surface area contributed by atoms with Gasteiger partial charge in [0.25, 0.3) is 0 Å². The molecule has 0 spiro atoms. The SMILES string of the molecule is CC1(C)C2CCC1(C)C([NH2+]CCCc1ccc(F)cc1)C2.[Br-]. The lowest BCUT2D eigenvalue weighted by molar-refractivity contribution is -0.702. The van der Waals surface area contributed by atoms with Gasteiger partial charge < -0.3 is 22.3 Å². The molecule has 2 aliphatic rings. The predicted octanol–water partition coefficient (Wildman–Crippen LogP) is 0.541. The van der Waals surface area contributed by atoms with Crippen molar-refractivity contribution < 1.29 is 26.7 Å². The standard InChI is InChI=1S/C19H28FN.BrH/c1-18(2)15-10-11-19(18,3)17(13-15)21-12-4-5-14-6-8-16(20)9-7-14;/h6-9,15,17,21H,4-5,10-13H2,1-3H3;1H. The highest BCUT2D eigenvalue weighted by Gasteiger charge is 2.63. The summed E-state index contributed by atoms with van der Waals surface area (Å²) >= 11 is 0. The lowest BCUT2D eigenvalue weighted by Gasteiger charge is -2.37. The monoisotopic (exact) mass is 369 g/mol. The van der Waals surface area contributed by atoms with Crippen molar-refractivity contribution in [1.29, 1.82) is 0 Å². The normalized spacial score (nSPS) is 32.0. The molecule has 0 heterocycles. The molecule has 0 saturated heterocycles. The lowest BCUT2D eigenvalue weighted by Crippen LogP contribution is -3.00. The highest BCUT2D eigenvalue weighted by atomic mass is 79.9. The number of aryl methyl sites for hydroxylation is 1. The Kier molecular flexibility index (Phi) is 5.38. The molecular formula is C19H29BrFN. The van der Waals surface area contributed by atoms with Gasteiger partial charge in [0.15, 0.2) is 0 Å². The van der Waals surface area contributed by atoms with Gasteiger partial charge in [0.05, 0.1) is 12.6 Å². The zero-order chi connectivity index (χ0) is 15.1. The molecule has 0 aromatic heterocycles. The van der Waals surface area contributed by atoms with Gasteiger partial charge in [-0.1, -0.05) is 32.9 Å². The molecule has 0 amide bonds. The summed E-state index contributed by atoms with van der Waals surface area (Å²) in [6.07, 6.45) is 6.49. The van der Waals surface area contributed by atoms with Crippen LogP contribution in [-0.2, 0) is 6.42 Å². The van der Waals surface area contributed by atoms with Crippen molar-refractivity contribution in [2.45, 2.75) is 58.9 Å². The number of nitrogens with two attached hydrogens (primary N) is 1. The Morgan fingerprint density at radius 2 is 1.86 bits per heavy atom. The molecule has 1 nitrogen and oxygen atoms in total. The average molecular weight is 370 g/mol. The molecule has 124 valence electrons. The largest absolute Gasteiger partial charge is 1.00 e. The van der Waals surface area contributed by atoms with Crippen molar-refractivity contribution in [2.75, 3.05) is 6.54 Å². The van der Waals surface area contributed by atoms with E-state index in [4.69, 9.17) is 0 Å². The summed E-state index contributed by atoms with van der Waals surface area (Å²) in [5.74, 6) is 0.795. The van der Waals surface area contributed by atoms with E-state index in [0.717, 1.165) is 18.4 Å². The second kappa shape index (κ2) is 6.60. The number of hydrogen-bond donors (Lipinski definition) is 1. The van der Waals surface area contributed by atoms with Gasteiger partial charge in [0.2, 0.25) is 0 Å². The van der Waals surface area contributed by atoms with Crippen molar-refractivity contribution in [3.05, 3.63) is 35.6 Å². The second-order valence-corrected chi connectivity index (χ2v) is 7.97. The third-order valence-corrected chi connectivity index (χ3v) is 6.90. The summed E-state index contributed by atoms with van der Waals surface area (Å²) in [5.41, 5.74) is 2.29. The first-order valence-corrected chi connectivity index (χ1v) is 8.51. The summed E-state index contributed by atoms with van der Waals surface area (Å²) in [5, 5.41) is 2.60. The Morgan fingerprint density at radius 3 is 2.41 bits per heavy atom. The van der Waals surface area contributed by atoms with Crippen molar-refractivity contribution >= 4 is 0 Å². The van der Waals surface area contributed by atoms with Crippen LogP contribution in [0.5, 0.6) is 0 Å². The van der Waals surface area contributed by atoms with E-state index in [1.807, 2.05) is 12.1 Å². The third kappa shape index (κ3) is 2.99. The molecule has 2 aliphatic carbocycles. The van der Waals surface area contributed by atoms with Crippen molar-refractivity contribution in [3.8, 4) is 0 Å². The Hall–Kier alpha value is -0.410. The van der Waals surface area contributed by atoms with Gasteiger partial charge >= 0.3 is 0 Å². The first-order valence-electron chi connectivity index (χ1n) is 8.51. The maximum Gasteiger partial charge on any atom is 0.123 e. The molecule has 3 heteroatoms. The van der Waals surface area contributed by atoms with Crippen LogP contribution >= 0.6 is 0 Å². The number of halogens is 2.